The molecule has 0 radical (unpaired) electrons. The SMILES string of the molecule is CN1NC2(CCC(NC(=O)c3sccc3NCc3ccnc4ccccc34)CC2)CC1=O. The van der Waals surface area contributed by atoms with Gasteiger partial charge >= 0.3 is 0 Å². The Morgan fingerprint density at radius 2 is 2.06 bits per heavy atom. The van der Waals surface area contributed by atoms with Crippen LogP contribution in [0, 0.1) is 0 Å². The highest BCUT2D eigenvalue weighted by atomic mass is 32.1. The number of hydrogen-bond acceptors (Lipinski definition) is 6. The monoisotopic (exact) mass is 449 g/mol. The first-order valence-electron chi connectivity index (χ1n) is 11.0. The molecule has 1 saturated heterocycles. The van der Waals surface area contributed by atoms with Crippen molar-refractivity contribution in [1.29, 1.82) is 0 Å². The maximum atomic E-state index is 13.0. The number of para-hydroxylation sites is 1. The predicted octanol–water partition coefficient (Wildman–Crippen LogP) is 3.69. The number of amides is 2. The number of aromatic nitrogens is 1. The normalized spacial score (nSPS) is 23.1. The van der Waals surface area contributed by atoms with Gasteiger partial charge in [0.1, 0.15) is 4.88 Å². The van der Waals surface area contributed by atoms with Crippen molar-refractivity contribution in [2.45, 2.75) is 50.2 Å². The standard InChI is InChI=1S/C24H27N5O2S/c1-29-21(30)14-24(28-29)10-6-17(7-11-24)27-23(31)22-20(9-13-32-22)26-15-16-8-12-25-19-5-3-2-4-18(16)19/h2-5,8-9,12-13,17,26,28H,6-7,10-11,14-15H2,1H3,(H,27,31). The number of carbonyl (C=O) groups excluding carboxylic acids is 2. The number of thiophene rings is 1. The van der Waals surface area contributed by atoms with Crippen LogP contribution >= 0.6 is 11.3 Å². The van der Waals surface area contributed by atoms with Crippen LogP contribution in [0.3, 0.4) is 0 Å². The summed E-state index contributed by atoms with van der Waals surface area (Å²) in [5.74, 6) is 0.111. The van der Waals surface area contributed by atoms with Gasteiger partial charge in [-0.1, -0.05) is 18.2 Å². The zero-order valence-corrected chi connectivity index (χ0v) is 18.9. The Balaban J connectivity index is 1.20. The van der Waals surface area contributed by atoms with Crippen molar-refractivity contribution in [2.75, 3.05) is 12.4 Å². The number of nitrogens with one attached hydrogen (secondary N) is 3. The van der Waals surface area contributed by atoms with Gasteiger partial charge in [-0.15, -0.1) is 11.3 Å². The molecule has 2 aliphatic rings. The van der Waals surface area contributed by atoms with Crippen LogP contribution in [0.2, 0.25) is 0 Å². The van der Waals surface area contributed by atoms with Gasteiger partial charge in [-0.25, -0.2) is 5.43 Å². The number of rotatable bonds is 5. The Morgan fingerprint density at radius 1 is 1.25 bits per heavy atom. The highest BCUT2D eigenvalue weighted by Crippen LogP contribution is 2.35. The molecule has 0 atom stereocenters. The van der Waals surface area contributed by atoms with Crippen LogP contribution in [0.25, 0.3) is 10.9 Å². The molecule has 2 fully saturated rings. The predicted molar refractivity (Wildman–Crippen MR) is 126 cm³/mol. The highest BCUT2D eigenvalue weighted by Gasteiger charge is 2.44. The summed E-state index contributed by atoms with van der Waals surface area (Å²) in [7, 11) is 1.78. The van der Waals surface area contributed by atoms with E-state index in [1.165, 1.54) is 11.3 Å². The van der Waals surface area contributed by atoms with E-state index >= 15 is 0 Å². The topological polar surface area (TPSA) is 86.4 Å². The van der Waals surface area contributed by atoms with Crippen LogP contribution in [0.15, 0.2) is 48.0 Å². The minimum absolute atomic E-state index is 0.0318. The molecule has 3 heterocycles. The summed E-state index contributed by atoms with van der Waals surface area (Å²) in [6.45, 7) is 0.624. The number of hydrogen-bond donors (Lipinski definition) is 3. The van der Waals surface area contributed by atoms with Gasteiger partial charge in [-0.2, -0.15) is 0 Å². The third kappa shape index (κ3) is 4.08. The van der Waals surface area contributed by atoms with Crippen molar-refractivity contribution in [1.82, 2.24) is 20.7 Å². The van der Waals surface area contributed by atoms with E-state index in [0.717, 1.165) is 47.8 Å². The maximum Gasteiger partial charge on any atom is 0.263 e. The molecule has 1 spiro atoms. The molecule has 1 aliphatic heterocycles. The molecule has 32 heavy (non-hydrogen) atoms. The van der Waals surface area contributed by atoms with E-state index in [9.17, 15) is 9.59 Å². The van der Waals surface area contributed by atoms with Crippen LogP contribution in [0.5, 0.6) is 0 Å². The molecule has 166 valence electrons. The lowest BCUT2D eigenvalue weighted by molar-refractivity contribution is -0.128. The third-order valence-electron chi connectivity index (χ3n) is 6.63. The molecular weight excluding hydrogens is 422 g/mol. The van der Waals surface area contributed by atoms with Gasteiger partial charge in [0.25, 0.3) is 5.91 Å². The number of benzene rings is 1. The minimum atomic E-state index is -0.129. The summed E-state index contributed by atoms with van der Waals surface area (Å²) in [6, 6.07) is 12.2. The highest BCUT2D eigenvalue weighted by molar-refractivity contribution is 7.12. The van der Waals surface area contributed by atoms with Crippen LogP contribution in [-0.2, 0) is 11.3 Å². The molecule has 1 saturated carbocycles. The maximum absolute atomic E-state index is 13.0. The van der Waals surface area contributed by atoms with Gasteiger partial charge in [0.15, 0.2) is 0 Å². The van der Waals surface area contributed by atoms with Crippen molar-refractivity contribution >= 4 is 39.7 Å². The quantitative estimate of drug-likeness (QED) is 0.553. The fourth-order valence-corrected chi connectivity index (χ4v) is 5.62. The average molecular weight is 450 g/mol. The van der Waals surface area contributed by atoms with Crippen molar-refractivity contribution in [2.24, 2.45) is 0 Å². The molecule has 3 N–H and O–H groups in total. The smallest absolute Gasteiger partial charge is 0.263 e. The van der Waals surface area contributed by atoms with E-state index in [1.54, 1.807) is 12.1 Å². The van der Waals surface area contributed by atoms with Gasteiger partial charge in [-0.05, 0) is 54.8 Å². The van der Waals surface area contributed by atoms with Gasteiger partial charge in [0.2, 0.25) is 5.91 Å². The molecule has 3 aromatic rings. The van der Waals surface area contributed by atoms with Gasteiger partial charge < -0.3 is 10.6 Å². The number of fused-ring (bicyclic) bond motifs is 1. The summed E-state index contributed by atoms with van der Waals surface area (Å²) in [4.78, 5) is 30.1. The first kappa shape index (κ1) is 20.9. The fourth-order valence-electron chi connectivity index (χ4n) is 4.84. The lowest BCUT2D eigenvalue weighted by atomic mass is 9.78. The first-order chi connectivity index (χ1) is 15.5. The first-order valence-corrected chi connectivity index (χ1v) is 11.9. The number of hydrazine groups is 1. The van der Waals surface area contributed by atoms with E-state index in [4.69, 9.17) is 0 Å². The Kier molecular flexibility index (Phi) is 5.57. The van der Waals surface area contributed by atoms with Gasteiger partial charge in [0.05, 0.1) is 11.2 Å². The molecular formula is C24H27N5O2S. The molecule has 1 aliphatic carbocycles. The Hall–Kier alpha value is -2.97. The Bertz CT molecular complexity index is 1150. The molecule has 0 bridgehead atoms. The molecule has 8 heteroatoms. The second-order valence-electron chi connectivity index (χ2n) is 8.77. The largest absolute Gasteiger partial charge is 0.380 e. The number of carbonyl (C=O) groups is 2. The van der Waals surface area contributed by atoms with Gasteiger partial charge in [0, 0.05) is 43.2 Å². The molecule has 2 amide bonds. The van der Waals surface area contributed by atoms with E-state index in [0.29, 0.717) is 17.8 Å². The summed E-state index contributed by atoms with van der Waals surface area (Å²) in [5.41, 5.74) is 6.17. The van der Waals surface area contributed by atoms with Crippen molar-refractivity contribution in [3.05, 3.63) is 58.4 Å². The zero-order valence-electron chi connectivity index (χ0n) is 18.1. The molecule has 7 nitrogen and oxygen atoms in total. The van der Waals surface area contributed by atoms with Crippen molar-refractivity contribution in [3.8, 4) is 0 Å². The lowest BCUT2D eigenvalue weighted by Gasteiger charge is -2.37. The Labute approximate surface area is 191 Å². The number of pyridine rings is 1. The van der Waals surface area contributed by atoms with Crippen LogP contribution in [0.1, 0.15) is 47.3 Å². The summed E-state index contributed by atoms with van der Waals surface area (Å²) in [6.07, 6.45) is 5.89. The Morgan fingerprint density at radius 3 is 2.84 bits per heavy atom. The van der Waals surface area contributed by atoms with Crippen LogP contribution in [-0.4, -0.2) is 40.4 Å². The summed E-state index contributed by atoms with van der Waals surface area (Å²) in [5, 5.41) is 11.3. The zero-order chi connectivity index (χ0) is 22.1. The minimum Gasteiger partial charge on any atom is -0.380 e. The van der Waals surface area contributed by atoms with E-state index < -0.39 is 0 Å². The molecule has 5 rings (SSSR count). The number of anilines is 1. The number of nitrogens with zero attached hydrogens (tertiary/aromatic N) is 2. The van der Waals surface area contributed by atoms with E-state index in [-0.39, 0.29) is 23.4 Å². The van der Waals surface area contributed by atoms with Crippen LogP contribution < -0.4 is 16.1 Å². The van der Waals surface area contributed by atoms with Crippen LogP contribution in [0.4, 0.5) is 5.69 Å². The third-order valence-corrected chi connectivity index (χ3v) is 7.54. The summed E-state index contributed by atoms with van der Waals surface area (Å²) < 4.78 is 0. The van der Waals surface area contributed by atoms with Gasteiger partial charge in [-0.3, -0.25) is 19.6 Å². The fraction of sp³-hybridized carbons (Fsp3) is 0.375. The molecule has 0 unspecified atom stereocenters. The second kappa shape index (κ2) is 8.52. The lowest BCUT2D eigenvalue weighted by Crippen LogP contribution is -2.50. The second-order valence-corrected chi connectivity index (χ2v) is 9.69. The average Bonchev–Trinajstić information content (AvgIpc) is 3.38. The molecule has 1 aromatic carbocycles. The van der Waals surface area contributed by atoms with E-state index in [1.807, 2.05) is 41.9 Å². The van der Waals surface area contributed by atoms with E-state index in [2.05, 4.69) is 27.1 Å². The van der Waals surface area contributed by atoms with Crippen molar-refractivity contribution < 1.29 is 9.59 Å². The summed E-state index contributed by atoms with van der Waals surface area (Å²) >= 11 is 1.45. The molecule has 2 aromatic heterocycles. The van der Waals surface area contributed by atoms with Crippen molar-refractivity contribution in [3.63, 3.8) is 0 Å².